The standard InChI is InChI=1S/C18H18F3NO2/c1-2-3-6-12-7-4-10-15(17(23)24)16(12)22-14-9-5-8-13(11-14)18(19,20)21/h4-5,7-11,22H,2-3,6H2,1H3,(H,23,24). The fourth-order valence-corrected chi connectivity index (χ4v) is 2.42. The van der Waals surface area contributed by atoms with Crippen LogP contribution in [-0.4, -0.2) is 11.1 Å². The van der Waals surface area contributed by atoms with Gasteiger partial charge < -0.3 is 10.4 Å². The maximum atomic E-state index is 12.8. The molecule has 6 heteroatoms. The van der Waals surface area contributed by atoms with Gasteiger partial charge in [-0.05, 0) is 42.7 Å². The Kier molecular flexibility index (Phi) is 5.49. The van der Waals surface area contributed by atoms with Gasteiger partial charge in [0.25, 0.3) is 0 Å². The van der Waals surface area contributed by atoms with Gasteiger partial charge in [0, 0.05) is 5.69 Å². The van der Waals surface area contributed by atoms with E-state index < -0.39 is 17.7 Å². The third-order valence-corrected chi connectivity index (χ3v) is 3.64. The lowest BCUT2D eigenvalue weighted by atomic mass is 10.0. The fraction of sp³-hybridized carbons (Fsp3) is 0.278. The first kappa shape index (κ1) is 17.8. The first-order chi connectivity index (χ1) is 11.3. The quantitative estimate of drug-likeness (QED) is 0.733. The molecule has 0 bridgehead atoms. The van der Waals surface area contributed by atoms with Gasteiger partial charge in [-0.15, -0.1) is 0 Å². The van der Waals surface area contributed by atoms with E-state index in [1.165, 1.54) is 18.2 Å². The van der Waals surface area contributed by atoms with Crippen LogP contribution in [0.3, 0.4) is 0 Å². The van der Waals surface area contributed by atoms with Crippen molar-refractivity contribution in [1.29, 1.82) is 0 Å². The van der Waals surface area contributed by atoms with Crippen molar-refractivity contribution in [3.05, 3.63) is 59.2 Å². The highest BCUT2D eigenvalue weighted by atomic mass is 19.4. The molecule has 0 aromatic heterocycles. The van der Waals surface area contributed by atoms with Crippen LogP contribution in [-0.2, 0) is 12.6 Å². The van der Waals surface area contributed by atoms with Crippen molar-refractivity contribution in [2.45, 2.75) is 32.4 Å². The number of carboxylic acids is 1. The number of para-hydroxylation sites is 1. The van der Waals surface area contributed by atoms with Crippen LogP contribution in [0.4, 0.5) is 24.5 Å². The van der Waals surface area contributed by atoms with Crippen molar-refractivity contribution in [1.82, 2.24) is 0 Å². The number of aromatic carboxylic acids is 1. The Hall–Kier alpha value is -2.50. The van der Waals surface area contributed by atoms with Crippen molar-refractivity contribution >= 4 is 17.3 Å². The number of rotatable bonds is 6. The highest BCUT2D eigenvalue weighted by Crippen LogP contribution is 2.33. The first-order valence-electron chi connectivity index (χ1n) is 7.62. The molecule has 0 aliphatic rings. The van der Waals surface area contributed by atoms with Gasteiger partial charge in [0.15, 0.2) is 0 Å². The summed E-state index contributed by atoms with van der Waals surface area (Å²) in [7, 11) is 0. The second kappa shape index (κ2) is 7.38. The van der Waals surface area contributed by atoms with Crippen LogP contribution in [0, 0.1) is 0 Å². The van der Waals surface area contributed by atoms with Gasteiger partial charge in [-0.25, -0.2) is 4.79 Å². The van der Waals surface area contributed by atoms with E-state index in [9.17, 15) is 23.1 Å². The molecule has 0 saturated heterocycles. The van der Waals surface area contributed by atoms with E-state index in [1.54, 1.807) is 12.1 Å². The Morgan fingerprint density at radius 2 is 1.88 bits per heavy atom. The van der Waals surface area contributed by atoms with Crippen molar-refractivity contribution in [2.75, 3.05) is 5.32 Å². The van der Waals surface area contributed by atoms with Gasteiger partial charge in [-0.1, -0.05) is 31.5 Å². The number of benzene rings is 2. The Morgan fingerprint density at radius 3 is 2.50 bits per heavy atom. The predicted octanol–water partition coefficient (Wildman–Crippen LogP) is 5.49. The van der Waals surface area contributed by atoms with Gasteiger partial charge in [0.05, 0.1) is 16.8 Å². The molecule has 2 N–H and O–H groups in total. The summed E-state index contributed by atoms with van der Waals surface area (Å²) in [6, 6.07) is 9.60. The average Bonchev–Trinajstić information content (AvgIpc) is 2.53. The molecule has 2 aromatic rings. The summed E-state index contributed by atoms with van der Waals surface area (Å²) < 4.78 is 38.5. The molecule has 0 radical (unpaired) electrons. The van der Waals surface area contributed by atoms with E-state index in [1.807, 2.05) is 6.92 Å². The molecule has 0 amide bonds. The van der Waals surface area contributed by atoms with E-state index >= 15 is 0 Å². The first-order valence-corrected chi connectivity index (χ1v) is 7.62. The lowest BCUT2D eigenvalue weighted by Crippen LogP contribution is -2.08. The van der Waals surface area contributed by atoms with Crippen molar-refractivity contribution < 1.29 is 23.1 Å². The van der Waals surface area contributed by atoms with Gasteiger partial charge in [0.1, 0.15) is 0 Å². The number of carbonyl (C=O) groups is 1. The van der Waals surface area contributed by atoms with E-state index in [4.69, 9.17) is 0 Å². The summed E-state index contributed by atoms with van der Waals surface area (Å²) in [4.78, 5) is 11.4. The number of alkyl halides is 3. The molecule has 0 unspecified atom stereocenters. The zero-order valence-electron chi connectivity index (χ0n) is 13.2. The van der Waals surface area contributed by atoms with Gasteiger partial charge >= 0.3 is 12.1 Å². The number of halogens is 3. The molecule has 128 valence electrons. The molecule has 2 rings (SSSR count). The topological polar surface area (TPSA) is 49.3 Å². The molecule has 0 atom stereocenters. The van der Waals surface area contributed by atoms with Crippen LogP contribution < -0.4 is 5.32 Å². The Bertz CT molecular complexity index is 726. The van der Waals surface area contributed by atoms with Crippen molar-refractivity contribution in [3.63, 3.8) is 0 Å². The van der Waals surface area contributed by atoms with E-state index in [0.29, 0.717) is 12.1 Å². The fourth-order valence-electron chi connectivity index (χ4n) is 2.42. The number of nitrogens with one attached hydrogen (secondary N) is 1. The van der Waals surface area contributed by atoms with Crippen LogP contribution in [0.5, 0.6) is 0 Å². The van der Waals surface area contributed by atoms with Crippen LogP contribution in [0.15, 0.2) is 42.5 Å². The molecular formula is C18H18F3NO2. The van der Waals surface area contributed by atoms with E-state index in [2.05, 4.69) is 5.32 Å². The van der Waals surface area contributed by atoms with Crippen LogP contribution >= 0.6 is 0 Å². The molecular weight excluding hydrogens is 319 g/mol. The summed E-state index contributed by atoms with van der Waals surface area (Å²) in [6.07, 6.45) is -2.01. The minimum absolute atomic E-state index is 0.0426. The highest BCUT2D eigenvalue weighted by molar-refractivity contribution is 5.96. The Labute approximate surface area is 138 Å². The minimum atomic E-state index is -4.45. The molecule has 24 heavy (non-hydrogen) atoms. The summed E-state index contributed by atoms with van der Waals surface area (Å²) >= 11 is 0. The van der Waals surface area contributed by atoms with E-state index in [0.717, 1.165) is 30.5 Å². The second-order valence-electron chi connectivity index (χ2n) is 5.45. The number of hydrogen-bond donors (Lipinski definition) is 2. The van der Waals surface area contributed by atoms with Gasteiger partial charge in [-0.2, -0.15) is 13.2 Å². The van der Waals surface area contributed by atoms with Crippen LogP contribution in [0.2, 0.25) is 0 Å². The van der Waals surface area contributed by atoms with Gasteiger partial charge in [-0.3, -0.25) is 0 Å². The minimum Gasteiger partial charge on any atom is -0.478 e. The zero-order valence-corrected chi connectivity index (χ0v) is 13.2. The Balaban J connectivity index is 2.42. The zero-order chi connectivity index (χ0) is 17.7. The number of aryl methyl sites for hydroxylation is 1. The summed E-state index contributed by atoms with van der Waals surface area (Å²) in [5, 5.41) is 12.2. The van der Waals surface area contributed by atoms with Crippen LogP contribution in [0.1, 0.15) is 41.3 Å². The number of hydrogen-bond acceptors (Lipinski definition) is 2. The molecule has 0 spiro atoms. The normalized spacial score (nSPS) is 11.3. The Morgan fingerprint density at radius 1 is 1.17 bits per heavy atom. The second-order valence-corrected chi connectivity index (χ2v) is 5.45. The molecule has 0 heterocycles. The number of unbranched alkanes of at least 4 members (excludes halogenated alkanes) is 1. The number of carboxylic acid groups (broad SMARTS) is 1. The molecule has 3 nitrogen and oxygen atoms in total. The summed E-state index contributed by atoms with van der Waals surface area (Å²) in [5.74, 6) is -1.12. The molecule has 0 saturated carbocycles. The summed E-state index contributed by atoms with van der Waals surface area (Å²) in [5.41, 5.74) is 0.583. The summed E-state index contributed by atoms with van der Waals surface area (Å²) in [6.45, 7) is 2.01. The average molecular weight is 337 g/mol. The highest BCUT2D eigenvalue weighted by Gasteiger charge is 2.30. The van der Waals surface area contributed by atoms with Gasteiger partial charge in [0.2, 0.25) is 0 Å². The predicted molar refractivity (Wildman–Crippen MR) is 86.7 cm³/mol. The molecule has 0 aliphatic heterocycles. The largest absolute Gasteiger partial charge is 0.478 e. The van der Waals surface area contributed by atoms with Crippen LogP contribution in [0.25, 0.3) is 0 Å². The maximum absolute atomic E-state index is 12.8. The SMILES string of the molecule is CCCCc1cccc(C(=O)O)c1Nc1cccc(C(F)(F)F)c1. The van der Waals surface area contributed by atoms with E-state index in [-0.39, 0.29) is 11.3 Å². The molecule has 2 aromatic carbocycles. The third kappa shape index (κ3) is 4.28. The monoisotopic (exact) mass is 337 g/mol. The van der Waals surface area contributed by atoms with Crippen molar-refractivity contribution in [2.24, 2.45) is 0 Å². The molecule has 0 aliphatic carbocycles. The maximum Gasteiger partial charge on any atom is 0.416 e. The number of anilines is 2. The van der Waals surface area contributed by atoms with Crippen molar-refractivity contribution in [3.8, 4) is 0 Å². The third-order valence-electron chi connectivity index (χ3n) is 3.64. The lowest BCUT2D eigenvalue weighted by Gasteiger charge is -2.16. The smallest absolute Gasteiger partial charge is 0.416 e. The lowest BCUT2D eigenvalue weighted by molar-refractivity contribution is -0.137. The molecule has 0 fully saturated rings.